The predicted octanol–water partition coefficient (Wildman–Crippen LogP) is 1.75. The van der Waals surface area contributed by atoms with Crippen LogP contribution >= 0.6 is 11.3 Å². The van der Waals surface area contributed by atoms with Gasteiger partial charge in [-0.3, -0.25) is 14.2 Å². The first kappa shape index (κ1) is 22.2. The minimum absolute atomic E-state index is 0.0207. The van der Waals surface area contributed by atoms with Gasteiger partial charge in [0.25, 0.3) is 11.5 Å². The molecule has 0 bridgehead atoms. The Morgan fingerprint density at radius 3 is 2.68 bits per heavy atom. The fourth-order valence-corrected chi connectivity index (χ4v) is 4.76. The molecule has 1 aliphatic rings. The number of aryl methyl sites for hydroxylation is 2. The predicted molar refractivity (Wildman–Crippen MR) is 116 cm³/mol. The lowest BCUT2D eigenvalue weighted by Crippen LogP contribution is -2.37. The Bertz CT molecular complexity index is 1240. The van der Waals surface area contributed by atoms with Gasteiger partial charge in [-0.25, -0.2) is 9.59 Å². The largest absolute Gasteiger partial charge is 0.462 e. The number of carbonyl (C=O) groups excluding carboxylic acids is 2. The number of hydrogen-bond acceptors (Lipinski definition) is 7. The highest BCUT2D eigenvalue weighted by Crippen LogP contribution is 2.38. The van der Waals surface area contributed by atoms with Crippen LogP contribution in [-0.4, -0.2) is 27.6 Å². The van der Waals surface area contributed by atoms with Crippen LogP contribution < -0.4 is 16.6 Å². The number of amides is 1. The number of thiophene rings is 1. The maximum absolute atomic E-state index is 12.8. The molecule has 9 nitrogen and oxygen atoms in total. The summed E-state index contributed by atoms with van der Waals surface area (Å²) in [5.41, 5.74) is -0.218. The zero-order valence-electron chi connectivity index (χ0n) is 17.5. The summed E-state index contributed by atoms with van der Waals surface area (Å²) < 4.78 is 7.25. The van der Waals surface area contributed by atoms with E-state index in [1.807, 2.05) is 0 Å². The molecule has 0 spiro atoms. The highest BCUT2D eigenvalue weighted by Gasteiger charge is 2.27. The number of nitrogens with zero attached hydrogens (tertiary/aromatic N) is 3. The lowest BCUT2D eigenvalue weighted by molar-refractivity contribution is -0.112. The van der Waals surface area contributed by atoms with Crippen LogP contribution in [0.25, 0.3) is 6.08 Å². The van der Waals surface area contributed by atoms with Gasteiger partial charge >= 0.3 is 11.7 Å². The van der Waals surface area contributed by atoms with Gasteiger partial charge in [0, 0.05) is 25.2 Å². The van der Waals surface area contributed by atoms with Crippen LogP contribution in [0.2, 0.25) is 0 Å². The van der Waals surface area contributed by atoms with Crippen molar-refractivity contribution in [3.8, 4) is 6.07 Å². The summed E-state index contributed by atoms with van der Waals surface area (Å²) in [6.45, 7) is 1.91. The number of ether oxygens (including phenoxy) is 1. The molecule has 0 atom stereocenters. The molecule has 0 aliphatic heterocycles. The standard InChI is InChI=1S/C21H22N4O5S/c1-4-30-20(28)16-14-7-5-6-8-15(14)31-18(16)23-17(26)12(10-22)9-13-11-24(2)21(29)25(3)19(13)27/h9,11H,4-8H2,1-3H3,(H,23,26)/b12-9+. The van der Waals surface area contributed by atoms with E-state index in [0.29, 0.717) is 10.6 Å². The Hall–Kier alpha value is -3.45. The van der Waals surface area contributed by atoms with E-state index in [9.17, 15) is 24.4 Å². The zero-order chi connectivity index (χ0) is 22.7. The summed E-state index contributed by atoms with van der Waals surface area (Å²) in [7, 11) is 2.78. The van der Waals surface area contributed by atoms with E-state index in [-0.39, 0.29) is 17.7 Å². The van der Waals surface area contributed by atoms with Gasteiger partial charge in [0.05, 0.1) is 17.7 Å². The topological polar surface area (TPSA) is 123 Å². The average Bonchev–Trinajstić information content (AvgIpc) is 3.11. The normalized spacial score (nSPS) is 13.3. The molecule has 1 amide bonds. The van der Waals surface area contributed by atoms with E-state index >= 15 is 0 Å². The molecular weight excluding hydrogens is 420 g/mol. The molecular formula is C21H22N4O5S. The second-order valence-electron chi connectivity index (χ2n) is 7.10. The van der Waals surface area contributed by atoms with Gasteiger partial charge in [0.1, 0.15) is 16.6 Å². The molecule has 0 fully saturated rings. The van der Waals surface area contributed by atoms with Gasteiger partial charge < -0.3 is 14.6 Å². The fraction of sp³-hybridized carbons (Fsp3) is 0.381. The lowest BCUT2D eigenvalue weighted by atomic mass is 9.95. The van der Waals surface area contributed by atoms with Crippen LogP contribution in [0.15, 0.2) is 21.4 Å². The number of fused-ring (bicyclic) bond motifs is 1. The zero-order valence-corrected chi connectivity index (χ0v) is 18.3. The van der Waals surface area contributed by atoms with Crippen molar-refractivity contribution in [2.75, 3.05) is 11.9 Å². The number of anilines is 1. The average molecular weight is 442 g/mol. The van der Waals surface area contributed by atoms with E-state index in [1.165, 1.54) is 36.2 Å². The fourth-order valence-electron chi connectivity index (χ4n) is 3.48. The van der Waals surface area contributed by atoms with E-state index in [0.717, 1.165) is 46.8 Å². The third kappa shape index (κ3) is 4.36. The number of rotatable bonds is 5. The van der Waals surface area contributed by atoms with Crippen molar-refractivity contribution in [1.29, 1.82) is 5.26 Å². The highest BCUT2D eigenvalue weighted by molar-refractivity contribution is 7.17. The summed E-state index contributed by atoms with van der Waals surface area (Å²) in [5, 5.41) is 12.5. The van der Waals surface area contributed by atoms with E-state index in [4.69, 9.17) is 4.74 Å². The van der Waals surface area contributed by atoms with Crippen LogP contribution in [0, 0.1) is 11.3 Å². The van der Waals surface area contributed by atoms with Crippen molar-refractivity contribution in [3.05, 3.63) is 54.2 Å². The van der Waals surface area contributed by atoms with Crippen molar-refractivity contribution >= 4 is 34.3 Å². The monoisotopic (exact) mass is 442 g/mol. The second-order valence-corrected chi connectivity index (χ2v) is 8.21. The Labute approximate surface area is 182 Å². The third-order valence-corrected chi connectivity index (χ3v) is 6.22. The second kappa shape index (κ2) is 9.14. The smallest absolute Gasteiger partial charge is 0.341 e. The first-order chi connectivity index (χ1) is 14.8. The number of hydrogen-bond donors (Lipinski definition) is 1. The number of nitriles is 1. The SMILES string of the molecule is CCOC(=O)c1c(NC(=O)/C(C#N)=C/c2cn(C)c(=O)n(C)c2=O)sc2c1CCCC2. The van der Waals surface area contributed by atoms with Crippen LogP contribution in [0.1, 0.15) is 46.1 Å². The Balaban J connectivity index is 1.99. The summed E-state index contributed by atoms with van der Waals surface area (Å²) in [6, 6.07) is 1.79. The van der Waals surface area contributed by atoms with Crippen LogP contribution in [0.3, 0.4) is 0 Å². The van der Waals surface area contributed by atoms with Crippen molar-refractivity contribution in [1.82, 2.24) is 9.13 Å². The van der Waals surface area contributed by atoms with Crippen LogP contribution in [0.5, 0.6) is 0 Å². The quantitative estimate of drug-likeness (QED) is 0.427. The van der Waals surface area contributed by atoms with Gasteiger partial charge in [-0.1, -0.05) is 0 Å². The molecule has 0 saturated heterocycles. The van der Waals surface area contributed by atoms with Crippen molar-refractivity contribution in [3.63, 3.8) is 0 Å². The highest BCUT2D eigenvalue weighted by atomic mass is 32.1. The molecule has 2 heterocycles. The molecule has 2 aromatic rings. The first-order valence-corrected chi connectivity index (χ1v) is 10.6. The van der Waals surface area contributed by atoms with E-state index < -0.39 is 23.1 Å². The molecule has 0 radical (unpaired) electrons. The molecule has 0 saturated carbocycles. The van der Waals surface area contributed by atoms with Gasteiger partial charge in [-0.2, -0.15) is 5.26 Å². The summed E-state index contributed by atoms with van der Waals surface area (Å²) in [5.74, 6) is -1.26. The Morgan fingerprint density at radius 2 is 2.00 bits per heavy atom. The molecule has 0 aromatic carbocycles. The molecule has 1 N–H and O–H groups in total. The minimum atomic E-state index is -0.748. The molecule has 3 rings (SSSR count). The van der Waals surface area contributed by atoms with Crippen LogP contribution in [-0.2, 0) is 36.5 Å². The first-order valence-electron chi connectivity index (χ1n) is 9.79. The lowest BCUT2D eigenvalue weighted by Gasteiger charge is -2.12. The summed E-state index contributed by atoms with van der Waals surface area (Å²) >= 11 is 1.31. The molecule has 162 valence electrons. The molecule has 31 heavy (non-hydrogen) atoms. The van der Waals surface area contributed by atoms with Gasteiger partial charge in [0.15, 0.2) is 0 Å². The maximum atomic E-state index is 12.8. The van der Waals surface area contributed by atoms with Crippen molar-refractivity contribution in [2.45, 2.75) is 32.6 Å². The number of aromatic nitrogens is 2. The maximum Gasteiger partial charge on any atom is 0.341 e. The molecule has 2 aromatic heterocycles. The summed E-state index contributed by atoms with van der Waals surface area (Å²) in [6.07, 6.45) is 5.89. The molecule has 10 heteroatoms. The number of esters is 1. The van der Waals surface area contributed by atoms with Crippen molar-refractivity contribution < 1.29 is 14.3 Å². The Kier molecular flexibility index (Phi) is 6.56. The number of nitrogens with one attached hydrogen (secondary N) is 1. The molecule has 1 aliphatic carbocycles. The van der Waals surface area contributed by atoms with Gasteiger partial charge in [0.2, 0.25) is 0 Å². The van der Waals surface area contributed by atoms with Crippen LogP contribution in [0.4, 0.5) is 5.00 Å². The Morgan fingerprint density at radius 1 is 1.29 bits per heavy atom. The molecule has 0 unspecified atom stereocenters. The number of carbonyl (C=O) groups is 2. The third-order valence-electron chi connectivity index (χ3n) is 5.02. The van der Waals surface area contributed by atoms with E-state index in [2.05, 4.69) is 5.32 Å². The summed E-state index contributed by atoms with van der Waals surface area (Å²) in [4.78, 5) is 50.6. The van der Waals surface area contributed by atoms with Gasteiger partial charge in [-0.05, 0) is 44.2 Å². The van der Waals surface area contributed by atoms with Gasteiger partial charge in [-0.15, -0.1) is 11.3 Å². The van der Waals surface area contributed by atoms with Crippen molar-refractivity contribution in [2.24, 2.45) is 14.1 Å². The minimum Gasteiger partial charge on any atom is -0.462 e. The van der Waals surface area contributed by atoms with E-state index in [1.54, 1.807) is 13.0 Å².